The van der Waals surface area contributed by atoms with Crippen LogP contribution in [0.1, 0.15) is 0 Å². The molecule has 71 heavy (non-hydrogen) atoms. The molecule has 0 unspecified atom stereocenters. The van der Waals surface area contributed by atoms with E-state index in [4.69, 9.17) is 13.3 Å². The second-order valence-electron chi connectivity index (χ2n) is 18.8. The number of furan rings is 3. The van der Waals surface area contributed by atoms with E-state index in [9.17, 15) is 0 Å². The van der Waals surface area contributed by atoms with Gasteiger partial charge in [-0.15, -0.1) is 0 Å². The van der Waals surface area contributed by atoms with Crippen LogP contribution in [0.2, 0.25) is 0 Å². The molecule has 10 aromatic carbocycles. The molecule has 0 amide bonds. The zero-order valence-electron chi connectivity index (χ0n) is 37.8. The molecule has 7 aromatic heterocycles. The molecular weight excluding hydrogens is 873 g/mol. The Morgan fingerprint density at radius 3 is 0.761 bits per heavy atom. The molecule has 7 heteroatoms. The molecule has 0 radical (unpaired) electrons. The van der Waals surface area contributed by atoms with E-state index < -0.39 is 0 Å². The Balaban J connectivity index is 0.920. The van der Waals surface area contributed by atoms with Crippen molar-refractivity contribution in [1.82, 2.24) is 18.3 Å². The van der Waals surface area contributed by atoms with Gasteiger partial charge in [0.05, 0.1) is 22.1 Å². The van der Waals surface area contributed by atoms with E-state index in [1.165, 1.54) is 32.3 Å². The van der Waals surface area contributed by atoms with Crippen LogP contribution in [0.3, 0.4) is 0 Å². The van der Waals surface area contributed by atoms with E-state index in [0.29, 0.717) is 0 Å². The fraction of sp³-hybridized carbons (Fsp3) is 0. The summed E-state index contributed by atoms with van der Waals surface area (Å²) in [6.45, 7) is 0. The summed E-state index contributed by atoms with van der Waals surface area (Å²) >= 11 is 0. The van der Waals surface area contributed by atoms with Crippen molar-refractivity contribution in [3.63, 3.8) is 0 Å². The normalized spacial score (nSPS) is 12.5. The monoisotopic (exact) mass is 908 g/mol. The van der Waals surface area contributed by atoms with Crippen LogP contribution in [0, 0.1) is 0 Å². The molecule has 7 heterocycles. The van der Waals surface area contributed by atoms with Crippen LogP contribution in [0.15, 0.2) is 232 Å². The minimum Gasteiger partial charge on any atom is -0.456 e. The largest absolute Gasteiger partial charge is 0.456 e. The summed E-state index contributed by atoms with van der Waals surface area (Å²) in [4.78, 5) is 0. The van der Waals surface area contributed by atoms with Crippen molar-refractivity contribution in [3.8, 4) is 22.7 Å². The molecule has 7 nitrogen and oxygen atoms in total. The predicted molar refractivity (Wildman–Crippen MR) is 291 cm³/mol. The van der Waals surface area contributed by atoms with Gasteiger partial charge in [-0.05, 0) is 109 Å². The molecule has 0 aliphatic rings. The SMILES string of the molecule is c1ccc2c(c1)oc1ccc(-n3c4ccccc4c4c5ccccc5n(-c5ccc6oc7ccc(-n8c9ccccc9c9c%10ccccc%10n(-c%10ccc%11oc%12ccccc%12c%11c%10)c98)cc7c6c5)c43)cc12. The molecule has 0 fully saturated rings. The summed E-state index contributed by atoms with van der Waals surface area (Å²) in [6, 6.07) is 78.2. The Bertz CT molecular complexity index is 4820. The Morgan fingerprint density at radius 1 is 0.211 bits per heavy atom. The first-order chi connectivity index (χ1) is 35.2. The molecule has 0 aliphatic carbocycles. The fourth-order valence-corrected chi connectivity index (χ4v) is 12.2. The summed E-state index contributed by atoms with van der Waals surface area (Å²) in [5, 5.41) is 13.7. The van der Waals surface area contributed by atoms with Crippen molar-refractivity contribution >= 4 is 131 Å². The molecule has 0 saturated heterocycles. The summed E-state index contributed by atoms with van der Waals surface area (Å²) in [6.07, 6.45) is 0. The van der Waals surface area contributed by atoms with Gasteiger partial charge in [-0.25, -0.2) is 0 Å². The first kappa shape index (κ1) is 37.3. The summed E-state index contributed by atoms with van der Waals surface area (Å²) < 4.78 is 29.1. The minimum absolute atomic E-state index is 0.837. The van der Waals surface area contributed by atoms with Crippen LogP contribution in [-0.4, -0.2) is 18.3 Å². The lowest BCUT2D eigenvalue weighted by Gasteiger charge is -2.14. The van der Waals surface area contributed by atoms with Crippen molar-refractivity contribution < 1.29 is 13.3 Å². The zero-order chi connectivity index (χ0) is 46.1. The summed E-state index contributed by atoms with van der Waals surface area (Å²) in [7, 11) is 0. The van der Waals surface area contributed by atoms with Gasteiger partial charge in [0.1, 0.15) is 44.8 Å². The highest BCUT2D eigenvalue weighted by Gasteiger charge is 2.26. The van der Waals surface area contributed by atoms with Gasteiger partial charge in [-0.1, -0.05) is 109 Å². The lowest BCUT2D eigenvalue weighted by Crippen LogP contribution is -2.02. The Hall–Kier alpha value is -9.72. The van der Waals surface area contributed by atoms with Crippen LogP contribution in [-0.2, 0) is 0 Å². The Labute approximate surface area is 402 Å². The standard InChI is InChI=1S/C64H36N4O3/c1-7-19-51-43(15-1)61-45-17-3-9-21-53(45)67(63(61)65(51)37-25-29-57-47(33-37)41-13-5-11-23-55(41)69-57)39-27-31-59-49(35-39)50-36-40(28-32-60(50)71-59)68-54-22-10-4-18-46(54)62-44-16-2-8-20-52(44)66(64(62)68)38-26-30-58-48(34-38)42-14-6-12-24-56(42)70-58/h1-36H. The quantitative estimate of drug-likeness (QED) is 0.177. The second kappa shape index (κ2) is 13.5. The molecule has 0 N–H and O–H groups in total. The molecule has 330 valence electrons. The molecule has 17 aromatic rings. The van der Waals surface area contributed by atoms with Crippen LogP contribution < -0.4 is 0 Å². The van der Waals surface area contributed by atoms with E-state index in [-0.39, 0.29) is 0 Å². The highest BCUT2D eigenvalue weighted by atomic mass is 16.3. The van der Waals surface area contributed by atoms with Crippen LogP contribution in [0.5, 0.6) is 0 Å². The van der Waals surface area contributed by atoms with E-state index in [1.54, 1.807) is 0 Å². The Kier molecular flexibility index (Phi) is 7.09. The average molecular weight is 909 g/mol. The average Bonchev–Trinajstić information content (AvgIpc) is 4.30. The number of para-hydroxylation sites is 6. The molecule has 0 saturated carbocycles. The fourth-order valence-electron chi connectivity index (χ4n) is 12.2. The summed E-state index contributed by atoms with van der Waals surface area (Å²) in [5.41, 5.74) is 16.2. The van der Waals surface area contributed by atoms with Crippen molar-refractivity contribution in [3.05, 3.63) is 218 Å². The minimum atomic E-state index is 0.837. The maximum Gasteiger partial charge on any atom is 0.135 e. The first-order valence-electron chi connectivity index (χ1n) is 24.1. The number of rotatable bonds is 4. The summed E-state index contributed by atoms with van der Waals surface area (Å²) in [5.74, 6) is 0. The highest BCUT2D eigenvalue weighted by Crippen LogP contribution is 2.45. The van der Waals surface area contributed by atoms with Gasteiger partial charge in [0.15, 0.2) is 0 Å². The highest BCUT2D eigenvalue weighted by molar-refractivity contribution is 6.24. The Morgan fingerprint density at radius 2 is 0.451 bits per heavy atom. The van der Waals surface area contributed by atoms with Crippen molar-refractivity contribution in [2.24, 2.45) is 0 Å². The topological polar surface area (TPSA) is 59.1 Å². The van der Waals surface area contributed by atoms with Gasteiger partial charge < -0.3 is 13.3 Å². The third-order valence-corrected chi connectivity index (χ3v) is 15.1. The van der Waals surface area contributed by atoms with Gasteiger partial charge in [-0.3, -0.25) is 18.3 Å². The third-order valence-electron chi connectivity index (χ3n) is 15.1. The van der Waals surface area contributed by atoms with Gasteiger partial charge in [0.25, 0.3) is 0 Å². The second-order valence-corrected chi connectivity index (χ2v) is 18.8. The van der Waals surface area contributed by atoms with E-state index in [1.807, 2.05) is 24.3 Å². The van der Waals surface area contributed by atoms with Crippen molar-refractivity contribution in [2.75, 3.05) is 0 Å². The van der Waals surface area contributed by atoms with Crippen molar-refractivity contribution in [2.45, 2.75) is 0 Å². The number of hydrogen-bond donors (Lipinski definition) is 0. The van der Waals surface area contributed by atoms with Gasteiger partial charge >= 0.3 is 0 Å². The lowest BCUT2D eigenvalue weighted by atomic mass is 10.1. The molecule has 0 bridgehead atoms. The first-order valence-corrected chi connectivity index (χ1v) is 24.1. The molecule has 0 aliphatic heterocycles. The zero-order valence-corrected chi connectivity index (χ0v) is 37.8. The molecular formula is C64H36N4O3. The molecule has 17 rings (SSSR count). The molecule has 0 atom stereocenters. The van der Waals surface area contributed by atoms with Gasteiger partial charge in [0.2, 0.25) is 0 Å². The number of aromatic nitrogens is 4. The van der Waals surface area contributed by atoms with Crippen LogP contribution in [0.25, 0.3) is 154 Å². The number of fused-ring (bicyclic) bond motifs is 19. The smallest absolute Gasteiger partial charge is 0.135 e. The number of benzene rings is 10. The van der Waals surface area contributed by atoms with E-state index in [0.717, 1.165) is 122 Å². The predicted octanol–water partition coefficient (Wildman–Crippen LogP) is 17.5. The van der Waals surface area contributed by atoms with E-state index >= 15 is 0 Å². The maximum absolute atomic E-state index is 6.72. The van der Waals surface area contributed by atoms with Crippen LogP contribution in [0.4, 0.5) is 0 Å². The number of nitrogens with zero attached hydrogens (tertiary/aromatic N) is 4. The van der Waals surface area contributed by atoms with E-state index in [2.05, 4.69) is 212 Å². The van der Waals surface area contributed by atoms with Gasteiger partial charge in [0, 0.05) is 87.4 Å². The number of hydrogen-bond acceptors (Lipinski definition) is 3. The van der Waals surface area contributed by atoms with Crippen LogP contribution >= 0.6 is 0 Å². The lowest BCUT2D eigenvalue weighted by molar-refractivity contribution is 0.668. The third kappa shape index (κ3) is 4.91. The maximum atomic E-state index is 6.72. The van der Waals surface area contributed by atoms with Gasteiger partial charge in [-0.2, -0.15) is 0 Å². The van der Waals surface area contributed by atoms with Crippen molar-refractivity contribution in [1.29, 1.82) is 0 Å². The molecule has 0 spiro atoms.